The lowest BCUT2D eigenvalue weighted by molar-refractivity contribution is 0.0100. The number of hydrogen-bond acceptors (Lipinski definition) is 1. The first-order chi connectivity index (χ1) is 5.42. The molecule has 0 aliphatic rings. The summed E-state index contributed by atoms with van der Waals surface area (Å²) in [6.07, 6.45) is 3.11. The summed E-state index contributed by atoms with van der Waals surface area (Å²) in [6.45, 7) is 10.8. The van der Waals surface area contributed by atoms with E-state index in [4.69, 9.17) is 0 Å². The fraction of sp³-hybridized carbons (Fsp3) is 1.00. The Morgan fingerprint density at radius 2 is 1.75 bits per heavy atom. The van der Waals surface area contributed by atoms with Crippen LogP contribution in [-0.2, 0) is 0 Å². The lowest BCUT2D eigenvalue weighted by Gasteiger charge is -2.34. The lowest BCUT2D eigenvalue weighted by Crippen LogP contribution is -2.34. The van der Waals surface area contributed by atoms with Crippen molar-refractivity contribution in [3.63, 3.8) is 0 Å². The number of unbranched alkanes of at least 4 members (excludes halogenated alkanes) is 1. The second kappa shape index (κ2) is 4.86. The quantitative estimate of drug-likeness (QED) is 0.675. The number of aliphatic hydroxyl groups excluding tert-OH is 1. The SMILES string of the molecule is CCCCC(O)C(C)(C)C(C)C. The normalized spacial score (nSPS) is 15.2. The molecule has 0 aliphatic heterocycles. The lowest BCUT2D eigenvalue weighted by atomic mass is 9.75. The highest BCUT2D eigenvalue weighted by molar-refractivity contribution is 4.80. The maximum absolute atomic E-state index is 9.88. The van der Waals surface area contributed by atoms with E-state index >= 15 is 0 Å². The Labute approximate surface area is 77.2 Å². The smallest absolute Gasteiger partial charge is 0.0593 e. The third-order valence-electron chi connectivity index (χ3n) is 3.18. The van der Waals surface area contributed by atoms with E-state index in [9.17, 15) is 5.11 Å². The molecule has 1 unspecified atom stereocenters. The molecule has 0 aromatic carbocycles. The van der Waals surface area contributed by atoms with E-state index in [2.05, 4.69) is 34.6 Å². The van der Waals surface area contributed by atoms with E-state index in [1.807, 2.05) is 0 Å². The molecular formula is C11H24O. The Balaban J connectivity index is 3.97. The Kier molecular flexibility index (Phi) is 4.84. The van der Waals surface area contributed by atoms with Gasteiger partial charge in [0.15, 0.2) is 0 Å². The highest BCUT2D eigenvalue weighted by Gasteiger charge is 2.30. The monoisotopic (exact) mass is 172 g/mol. The molecule has 0 rings (SSSR count). The Bertz CT molecular complexity index is 116. The van der Waals surface area contributed by atoms with E-state index in [-0.39, 0.29) is 11.5 Å². The summed E-state index contributed by atoms with van der Waals surface area (Å²) in [7, 11) is 0. The second-order valence-corrected chi connectivity index (χ2v) is 4.63. The molecule has 1 atom stereocenters. The van der Waals surface area contributed by atoms with Gasteiger partial charge in [0.05, 0.1) is 6.10 Å². The molecule has 0 aromatic heterocycles. The van der Waals surface area contributed by atoms with Crippen LogP contribution in [0.15, 0.2) is 0 Å². The first-order valence-electron chi connectivity index (χ1n) is 5.11. The fourth-order valence-electron chi connectivity index (χ4n) is 1.15. The number of aliphatic hydroxyl groups is 1. The van der Waals surface area contributed by atoms with Crippen LogP contribution in [0.5, 0.6) is 0 Å². The average Bonchev–Trinajstić information content (AvgIpc) is 1.99. The third-order valence-corrected chi connectivity index (χ3v) is 3.18. The van der Waals surface area contributed by atoms with Crippen LogP contribution in [-0.4, -0.2) is 11.2 Å². The van der Waals surface area contributed by atoms with Crippen molar-refractivity contribution in [2.24, 2.45) is 11.3 Å². The predicted molar refractivity (Wildman–Crippen MR) is 54.2 cm³/mol. The first kappa shape index (κ1) is 12.0. The zero-order chi connectivity index (χ0) is 9.78. The molecule has 0 saturated heterocycles. The summed E-state index contributed by atoms with van der Waals surface area (Å²) >= 11 is 0. The van der Waals surface area contributed by atoms with Gasteiger partial charge in [0, 0.05) is 0 Å². The van der Waals surface area contributed by atoms with E-state index in [0.29, 0.717) is 5.92 Å². The van der Waals surface area contributed by atoms with Gasteiger partial charge < -0.3 is 5.11 Å². The summed E-state index contributed by atoms with van der Waals surface area (Å²) in [5, 5.41) is 9.88. The average molecular weight is 172 g/mol. The van der Waals surface area contributed by atoms with Crippen molar-refractivity contribution in [3.8, 4) is 0 Å². The molecule has 0 fully saturated rings. The Hall–Kier alpha value is -0.0400. The molecule has 0 bridgehead atoms. The summed E-state index contributed by atoms with van der Waals surface area (Å²) in [4.78, 5) is 0. The van der Waals surface area contributed by atoms with Crippen LogP contribution in [0.4, 0.5) is 0 Å². The van der Waals surface area contributed by atoms with Gasteiger partial charge in [-0.3, -0.25) is 0 Å². The minimum Gasteiger partial charge on any atom is -0.393 e. The van der Waals surface area contributed by atoms with Gasteiger partial charge in [-0.05, 0) is 17.8 Å². The van der Waals surface area contributed by atoms with Crippen molar-refractivity contribution in [1.29, 1.82) is 0 Å². The highest BCUT2D eigenvalue weighted by atomic mass is 16.3. The van der Waals surface area contributed by atoms with E-state index in [1.54, 1.807) is 0 Å². The second-order valence-electron chi connectivity index (χ2n) is 4.63. The van der Waals surface area contributed by atoms with E-state index in [0.717, 1.165) is 12.8 Å². The van der Waals surface area contributed by atoms with Crippen LogP contribution in [0, 0.1) is 11.3 Å². The molecule has 74 valence electrons. The van der Waals surface area contributed by atoms with Crippen molar-refractivity contribution < 1.29 is 5.11 Å². The molecule has 1 heteroatoms. The molecule has 0 heterocycles. The topological polar surface area (TPSA) is 20.2 Å². The van der Waals surface area contributed by atoms with Crippen LogP contribution in [0.2, 0.25) is 0 Å². The van der Waals surface area contributed by atoms with Gasteiger partial charge in [0.25, 0.3) is 0 Å². The summed E-state index contributed by atoms with van der Waals surface area (Å²) in [5.74, 6) is 0.546. The van der Waals surface area contributed by atoms with Crippen molar-refractivity contribution in [3.05, 3.63) is 0 Å². The third kappa shape index (κ3) is 3.14. The van der Waals surface area contributed by atoms with Gasteiger partial charge in [-0.2, -0.15) is 0 Å². The van der Waals surface area contributed by atoms with Gasteiger partial charge in [-0.1, -0.05) is 47.5 Å². The van der Waals surface area contributed by atoms with Crippen molar-refractivity contribution >= 4 is 0 Å². The van der Waals surface area contributed by atoms with Crippen molar-refractivity contribution in [2.75, 3.05) is 0 Å². The summed E-state index contributed by atoms with van der Waals surface area (Å²) in [5.41, 5.74) is 0.0647. The maximum Gasteiger partial charge on any atom is 0.0593 e. The zero-order valence-electron chi connectivity index (χ0n) is 9.22. The molecule has 12 heavy (non-hydrogen) atoms. The molecule has 1 N–H and O–H groups in total. The highest BCUT2D eigenvalue weighted by Crippen LogP contribution is 2.32. The Morgan fingerprint density at radius 1 is 1.25 bits per heavy atom. The molecule has 0 aromatic rings. The van der Waals surface area contributed by atoms with Crippen molar-refractivity contribution in [1.82, 2.24) is 0 Å². The summed E-state index contributed by atoms with van der Waals surface area (Å²) < 4.78 is 0. The number of hydrogen-bond donors (Lipinski definition) is 1. The zero-order valence-corrected chi connectivity index (χ0v) is 9.22. The minimum atomic E-state index is -0.141. The van der Waals surface area contributed by atoms with Crippen LogP contribution < -0.4 is 0 Å². The number of rotatable bonds is 5. The van der Waals surface area contributed by atoms with Gasteiger partial charge in [-0.25, -0.2) is 0 Å². The molecule has 0 saturated carbocycles. The first-order valence-corrected chi connectivity index (χ1v) is 5.11. The fourth-order valence-corrected chi connectivity index (χ4v) is 1.15. The van der Waals surface area contributed by atoms with Gasteiger partial charge >= 0.3 is 0 Å². The predicted octanol–water partition coefficient (Wildman–Crippen LogP) is 3.22. The van der Waals surface area contributed by atoms with Crippen LogP contribution >= 0.6 is 0 Å². The minimum absolute atomic E-state index is 0.0647. The molecule has 0 spiro atoms. The van der Waals surface area contributed by atoms with Gasteiger partial charge in [0.2, 0.25) is 0 Å². The van der Waals surface area contributed by atoms with E-state index in [1.165, 1.54) is 6.42 Å². The van der Waals surface area contributed by atoms with Crippen LogP contribution in [0.1, 0.15) is 53.9 Å². The van der Waals surface area contributed by atoms with Crippen LogP contribution in [0.3, 0.4) is 0 Å². The summed E-state index contributed by atoms with van der Waals surface area (Å²) in [6, 6.07) is 0. The van der Waals surface area contributed by atoms with Gasteiger partial charge in [0.1, 0.15) is 0 Å². The van der Waals surface area contributed by atoms with Crippen LogP contribution in [0.25, 0.3) is 0 Å². The molecular weight excluding hydrogens is 148 g/mol. The molecule has 0 amide bonds. The van der Waals surface area contributed by atoms with Gasteiger partial charge in [-0.15, -0.1) is 0 Å². The largest absolute Gasteiger partial charge is 0.393 e. The molecule has 0 aliphatic carbocycles. The standard InChI is InChI=1S/C11H24O/c1-6-7-8-10(12)11(4,5)9(2)3/h9-10,12H,6-8H2,1-5H3. The molecule has 0 radical (unpaired) electrons. The maximum atomic E-state index is 9.88. The Morgan fingerprint density at radius 3 is 2.08 bits per heavy atom. The molecule has 1 nitrogen and oxygen atoms in total. The van der Waals surface area contributed by atoms with Crippen molar-refractivity contribution in [2.45, 2.75) is 60.0 Å². The van der Waals surface area contributed by atoms with E-state index < -0.39 is 0 Å².